The van der Waals surface area contributed by atoms with Crippen LogP contribution in [0.15, 0.2) is 24.3 Å². The van der Waals surface area contributed by atoms with Crippen molar-refractivity contribution in [3.05, 3.63) is 35.4 Å². The van der Waals surface area contributed by atoms with Crippen LogP contribution in [0.3, 0.4) is 0 Å². The number of rotatable bonds is 5. The van der Waals surface area contributed by atoms with E-state index in [1.54, 1.807) is 6.07 Å². The molecule has 0 fully saturated rings. The molecule has 0 aliphatic rings. The van der Waals surface area contributed by atoms with Gasteiger partial charge in [0.15, 0.2) is 0 Å². The van der Waals surface area contributed by atoms with Crippen LogP contribution in [0.25, 0.3) is 0 Å². The third-order valence-corrected chi connectivity index (χ3v) is 4.01. The third-order valence-electron chi connectivity index (χ3n) is 4.01. The van der Waals surface area contributed by atoms with Gasteiger partial charge in [-0.25, -0.2) is 0 Å². The normalized spacial score (nSPS) is 14.7. The first-order valence-corrected chi connectivity index (χ1v) is 6.72. The summed E-state index contributed by atoms with van der Waals surface area (Å²) in [5, 5.41) is 0. The van der Waals surface area contributed by atoms with Gasteiger partial charge in [0, 0.05) is 18.1 Å². The minimum Gasteiger partial charge on any atom is -0.323 e. The number of halogens is 3. The Morgan fingerprint density at radius 1 is 1.25 bits per heavy atom. The Morgan fingerprint density at radius 3 is 2.35 bits per heavy atom. The van der Waals surface area contributed by atoms with Crippen molar-refractivity contribution in [3.8, 4) is 0 Å². The number of nitrogens with zero attached hydrogens (tertiary/aromatic N) is 1. The van der Waals surface area contributed by atoms with Crippen LogP contribution < -0.4 is 5.73 Å². The molecule has 0 saturated heterocycles. The molecule has 1 rings (SSSR count). The second kappa shape index (κ2) is 6.14. The molecule has 20 heavy (non-hydrogen) atoms. The molecule has 1 unspecified atom stereocenters. The van der Waals surface area contributed by atoms with Crippen molar-refractivity contribution in [1.82, 2.24) is 4.90 Å². The topological polar surface area (TPSA) is 29.3 Å². The number of hydrogen-bond donors (Lipinski definition) is 1. The number of nitrogens with two attached hydrogens (primary N) is 1. The van der Waals surface area contributed by atoms with Crippen LogP contribution >= 0.6 is 0 Å². The quantitative estimate of drug-likeness (QED) is 0.892. The molecule has 0 saturated carbocycles. The van der Waals surface area contributed by atoms with Gasteiger partial charge in [-0.1, -0.05) is 19.1 Å². The van der Waals surface area contributed by atoms with Gasteiger partial charge in [-0.15, -0.1) is 0 Å². The summed E-state index contributed by atoms with van der Waals surface area (Å²) in [4.78, 5) is 2.08. The van der Waals surface area contributed by atoms with E-state index >= 15 is 0 Å². The fraction of sp³-hybridized carbons (Fsp3) is 0.600. The van der Waals surface area contributed by atoms with E-state index in [-0.39, 0.29) is 5.54 Å². The average Bonchev–Trinajstić information content (AvgIpc) is 2.37. The van der Waals surface area contributed by atoms with Gasteiger partial charge in [0.25, 0.3) is 0 Å². The van der Waals surface area contributed by atoms with Crippen LogP contribution in [0.5, 0.6) is 0 Å². The maximum absolute atomic E-state index is 12.7. The van der Waals surface area contributed by atoms with Crippen LogP contribution in [0.2, 0.25) is 0 Å². The molecule has 0 amide bonds. The van der Waals surface area contributed by atoms with E-state index in [1.807, 2.05) is 7.05 Å². The van der Waals surface area contributed by atoms with E-state index in [4.69, 9.17) is 5.73 Å². The number of benzene rings is 1. The predicted molar refractivity (Wildman–Crippen MR) is 75.4 cm³/mol. The Bertz CT molecular complexity index is 441. The first-order valence-electron chi connectivity index (χ1n) is 6.72. The Hall–Kier alpha value is -1.07. The molecule has 0 spiro atoms. The number of likely N-dealkylation sites (N-methyl/N-ethyl adjacent to an activating group) is 1. The van der Waals surface area contributed by atoms with Gasteiger partial charge in [-0.3, -0.25) is 4.90 Å². The van der Waals surface area contributed by atoms with Crippen molar-refractivity contribution >= 4 is 0 Å². The lowest BCUT2D eigenvalue weighted by Crippen LogP contribution is -2.44. The average molecular weight is 288 g/mol. The molecule has 0 aromatic heterocycles. The first-order chi connectivity index (χ1) is 9.08. The van der Waals surface area contributed by atoms with Crippen molar-refractivity contribution in [3.63, 3.8) is 0 Å². The first kappa shape index (κ1) is 17.0. The van der Waals surface area contributed by atoms with E-state index in [9.17, 15) is 13.2 Å². The molecule has 0 heterocycles. The van der Waals surface area contributed by atoms with Gasteiger partial charge >= 0.3 is 6.18 Å². The molecule has 114 valence electrons. The SMILES string of the molecule is CCC(C)(C)N(C)CC(N)c1cccc(C(F)(F)F)c1. The second-order valence-corrected chi connectivity index (χ2v) is 5.78. The molecule has 1 atom stereocenters. The maximum Gasteiger partial charge on any atom is 0.416 e. The van der Waals surface area contributed by atoms with E-state index < -0.39 is 17.8 Å². The van der Waals surface area contributed by atoms with Crippen molar-refractivity contribution in [1.29, 1.82) is 0 Å². The van der Waals surface area contributed by atoms with Crippen LogP contribution in [0, 0.1) is 0 Å². The van der Waals surface area contributed by atoms with E-state index in [0.29, 0.717) is 12.1 Å². The van der Waals surface area contributed by atoms with Gasteiger partial charge in [-0.2, -0.15) is 13.2 Å². The molecule has 0 radical (unpaired) electrons. The molecule has 2 nitrogen and oxygen atoms in total. The smallest absolute Gasteiger partial charge is 0.323 e. The summed E-state index contributed by atoms with van der Waals surface area (Å²) in [5.74, 6) is 0. The molecule has 0 aliphatic carbocycles. The Balaban J connectivity index is 2.86. The van der Waals surface area contributed by atoms with Crippen LogP contribution in [0.1, 0.15) is 44.4 Å². The van der Waals surface area contributed by atoms with Crippen molar-refractivity contribution in [2.45, 2.75) is 44.9 Å². The van der Waals surface area contributed by atoms with E-state index in [1.165, 1.54) is 6.07 Å². The summed E-state index contributed by atoms with van der Waals surface area (Å²) in [6.07, 6.45) is -3.39. The van der Waals surface area contributed by atoms with Gasteiger partial charge in [0.05, 0.1) is 5.56 Å². The lowest BCUT2D eigenvalue weighted by molar-refractivity contribution is -0.137. The monoisotopic (exact) mass is 288 g/mol. The Labute approximate surface area is 118 Å². The van der Waals surface area contributed by atoms with Gasteiger partial charge < -0.3 is 5.73 Å². The second-order valence-electron chi connectivity index (χ2n) is 5.78. The molecular weight excluding hydrogens is 265 g/mol. The lowest BCUT2D eigenvalue weighted by Gasteiger charge is -2.36. The summed E-state index contributed by atoms with van der Waals surface area (Å²) >= 11 is 0. The molecule has 1 aromatic carbocycles. The largest absolute Gasteiger partial charge is 0.416 e. The molecule has 1 aromatic rings. The highest BCUT2D eigenvalue weighted by molar-refractivity contribution is 5.28. The zero-order chi connectivity index (χ0) is 15.6. The summed E-state index contributed by atoms with van der Waals surface area (Å²) in [6, 6.07) is 4.82. The number of alkyl halides is 3. The number of hydrogen-bond acceptors (Lipinski definition) is 2. The summed E-state index contributed by atoms with van der Waals surface area (Å²) in [6.45, 7) is 6.77. The van der Waals surface area contributed by atoms with E-state index in [2.05, 4.69) is 25.7 Å². The van der Waals surface area contributed by atoms with Gasteiger partial charge in [-0.05, 0) is 45.0 Å². The molecule has 0 bridgehead atoms. The van der Waals surface area contributed by atoms with Gasteiger partial charge in [0.1, 0.15) is 0 Å². The van der Waals surface area contributed by atoms with Crippen molar-refractivity contribution in [2.24, 2.45) is 5.73 Å². The molecule has 2 N–H and O–H groups in total. The summed E-state index contributed by atoms with van der Waals surface area (Å²) in [5.41, 5.74) is 5.88. The molecule has 0 aliphatic heterocycles. The lowest BCUT2D eigenvalue weighted by atomic mass is 9.97. The maximum atomic E-state index is 12.7. The fourth-order valence-electron chi connectivity index (χ4n) is 1.86. The summed E-state index contributed by atoms with van der Waals surface area (Å²) in [7, 11) is 1.94. The van der Waals surface area contributed by atoms with Crippen LogP contribution in [-0.4, -0.2) is 24.0 Å². The highest BCUT2D eigenvalue weighted by Gasteiger charge is 2.31. The van der Waals surface area contributed by atoms with Crippen molar-refractivity contribution < 1.29 is 13.2 Å². The third kappa shape index (κ3) is 4.21. The highest BCUT2D eigenvalue weighted by Crippen LogP contribution is 2.30. The minimum absolute atomic E-state index is 0.0285. The van der Waals surface area contributed by atoms with Crippen LogP contribution in [0.4, 0.5) is 13.2 Å². The fourth-order valence-corrected chi connectivity index (χ4v) is 1.86. The van der Waals surface area contributed by atoms with Gasteiger partial charge in [0.2, 0.25) is 0 Å². The minimum atomic E-state index is -4.33. The Kier molecular flexibility index (Phi) is 5.21. The zero-order valence-corrected chi connectivity index (χ0v) is 12.5. The summed E-state index contributed by atoms with van der Waals surface area (Å²) < 4.78 is 38.1. The van der Waals surface area contributed by atoms with Crippen molar-refractivity contribution in [2.75, 3.05) is 13.6 Å². The molecule has 5 heteroatoms. The van der Waals surface area contributed by atoms with Crippen LogP contribution in [-0.2, 0) is 6.18 Å². The highest BCUT2D eigenvalue weighted by atomic mass is 19.4. The predicted octanol–water partition coefficient (Wildman–Crippen LogP) is 3.83. The standard InChI is InChI=1S/C15H23F3N2/c1-5-14(2,3)20(4)10-13(19)11-7-6-8-12(9-11)15(16,17)18/h6-9,13H,5,10,19H2,1-4H3. The Morgan fingerprint density at radius 2 is 1.85 bits per heavy atom. The molecular formula is C15H23F3N2. The zero-order valence-electron chi connectivity index (χ0n) is 12.5. The van der Waals surface area contributed by atoms with E-state index in [0.717, 1.165) is 18.6 Å².